The van der Waals surface area contributed by atoms with E-state index in [4.69, 9.17) is 60.6 Å². The molecule has 0 saturated carbocycles. The molecule has 27 heteroatoms. The topological polar surface area (TPSA) is 265 Å². The molecule has 3 aliphatic heterocycles. The van der Waals surface area contributed by atoms with Gasteiger partial charge in [-0.25, -0.2) is 29.9 Å². The lowest BCUT2D eigenvalue weighted by atomic mass is 9.97. The zero-order valence-corrected chi connectivity index (χ0v) is 58.5. The van der Waals surface area contributed by atoms with Gasteiger partial charge in [-0.15, -0.1) is 11.8 Å². The number of nitrogens with two attached hydrogens (primary N) is 3. The maximum atomic E-state index is 6.14. The maximum Gasteiger partial charge on any atom is 0.231 e. The van der Waals surface area contributed by atoms with Gasteiger partial charge in [-0.1, -0.05) is 85.8 Å². The number of anilines is 4. The van der Waals surface area contributed by atoms with Crippen LogP contribution in [-0.2, 0) is 19.6 Å². The highest BCUT2D eigenvalue weighted by molar-refractivity contribution is 14.1. The average molecular weight is 1410 g/mol. The van der Waals surface area contributed by atoms with Crippen molar-refractivity contribution in [3.63, 3.8) is 0 Å². The van der Waals surface area contributed by atoms with Crippen LogP contribution in [0.5, 0.6) is 34.5 Å². The van der Waals surface area contributed by atoms with Gasteiger partial charge < -0.3 is 80.2 Å². The predicted molar refractivity (Wildman–Crippen MR) is 372 cm³/mol. The zero-order valence-electron chi connectivity index (χ0n) is 53.1. The van der Waals surface area contributed by atoms with Gasteiger partial charge in [-0.2, -0.15) is 0 Å². The standard InChI is InChI=1S/C22H30N6O2S.C21H27N5O2S2.C20H24IN5O2S/c1-22(2,3)12-24-8-9-28-14-6-7-25-20(23)19(14)26-21(28)31-18-11-17-16(29-13-30-17)10-15(18)27(4)5;1-21(2,3)11-23-7-8-26-13-5-6-24-19(22)18(13)25-20(26)30-17-10-15-14(27-12-28-15)9-16(17)29-4;1-20(2,3)10-23-6-7-26-13-4-5-24-18(22)17(13)25-19(26)29-16-9-15-14(8-12(16)21)27-11-28-15/h6-7,10-11,24H,8-9,12-13H2,1-5H3,(H2,23,25);5-6,9-10,23H,7-8,11-12H2,1-4H3,(H2,22,24);4-5,8-9,23H,6-7,10-11H2,1-3H3,(H2,22,24). The van der Waals surface area contributed by atoms with E-state index in [0.717, 1.165) is 171 Å². The molecule has 0 amide bonds. The highest BCUT2D eigenvalue weighted by Gasteiger charge is 2.26. The summed E-state index contributed by atoms with van der Waals surface area (Å²) in [6.45, 7) is 28.5. The van der Waals surface area contributed by atoms with Crippen LogP contribution < -0.4 is 66.5 Å². The van der Waals surface area contributed by atoms with Crippen molar-refractivity contribution >= 4 is 126 Å². The fraction of sp³-hybridized carbons (Fsp3) is 0.429. The molecule has 480 valence electrons. The Hall–Kier alpha value is -6.47. The van der Waals surface area contributed by atoms with Crippen molar-refractivity contribution in [1.29, 1.82) is 0 Å². The second-order valence-electron chi connectivity index (χ2n) is 25.4. The molecule has 9 aromatic rings. The third-order valence-corrected chi connectivity index (χ3v) is 19.4. The summed E-state index contributed by atoms with van der Waals surface area (Å²) < 4.78 is 41.0. The quantitative estimate of drug-likeness (QED) is 0.0235. The van der Waals surface area contributed by atoms with E-state index < -0.39 is 0 Å². The summed E-state index contributed by atoms with van der Waals surface area (Å²) in [4.78, 5) is 33.5. The first-order valence-electron chi connectivity index (χ1n) is 29.6. The molecule has 12 rings (SSSR count). The second-order valence-corrected chi connectivity index (χ2v) is 30.4. The molecule has 0 saturated heterocycles. The Labute approximate surface area is 556 Å². The van der Waals surface area contributed by atoms with E-state index in [-0.39, 0.29) is 36.6 Å². The lowest BCUT2D eigenvalue weighted by Crippen LogP contribution is -2.29. The Bertz CT molecular complexity index is 4010. The Morgan fingerprint density at radius 2 is 0.800 bits per heavy atom. The van der Waals surface area contributed by atoms with Crippen LogP contribution in [0.2, 0.25) is 0 Å². The van der Waals surface area contributed by atoms with Gasteiger partial charge in [-0.3, -0.25) is 0 Å². The zero-order chi connectivity index (χ0) is 64.1. The van der Waals surface area contributed by atoms with Crippen LogP contribution in [0.1, 0.15) is 62.3 Å². The van der Waals surface area contributed by atoms with Crippen LogP contribution in [0.3, 0.4) is 0 Å². The SMILES string of the molecule is CC(C)(C)CNCCn1c(Sc2cc3c(cc2I)OCO3)nc2c(N)nccc21.CN(C)c1cc2c(cc1Sc1nc3c(N)nccc3n1CCNCC(C)(C)C)OCO2.CSc1cc2c(cc1Sc1nc3c(N)nccc3n1CCNCC(C)(C)C)OCO2. The van der Waals surface area contributed by atoms with Crippen LogP contribution in [0.15, 0.2) is 108 Å². The molecule has 22 nitrogen and oxygen atoms in total. The number of ether oxygens (including phenoxy) is 6. The summed E-state index contributed by atoms with van der Waals surface area (Å²) in [5, 5.41) is 13.3. The molecule has 0 spiro atoms. The van der Waals surface area contributed by atoms with Crippen LogP contribution in [0, 0.1) is 19.8 Å². The van der Waals surface area contributed by atoms with Gasteiger partial charge >= 0.3 is 0 Å². The van der Waals surface area contributed by atoms with Crippen molar-refractivity contribution in [2.24, 2.45) is 16.2 Å². The molecule has 0 fully saturated rings. The van der Waals surface area contributed by atoms with Gasteiger partial charge in [0, 0.05) is 127 Å². The number of aromatic nitrogens is 9. The molecule has 6 aromatic heterocycles. The molecule has 0 atom stereocenters. The monoisotopic (exact) mass is 1410 g/mol. The van der Waals surface area contributed by atoms with E-state index in [9.17, 15) is 0 Å². The van der Waals surface area contributed by atoms with Crippen molar-refractivity contribution in [2.45, 2.75) is 117 Å². The van der Waals surface area contributed by atoms with E-state index in [1.54, 1.807) is 65.6 Å². The molecule has 0 aliphatic carbocycles. The molecule has 9 heterocycles. The highest BCUT2D eigenvalue weighted by Crippen LogP contribution is 2.47. The number of fused-ring (bicyclic) bond motifs is 6. The molecule has 0 bridgehead atoms. The number of nitrogen functional groups attached to an aromatic ring is 3. The smallest absolute Gasteiger partial charge is 0.231 e. The minimum absolute atomic E-state index is 0.232. The minimum atomic E-state index is 0.232. The molecule has 9 N–H and O–H groups in total. The van der Waals surface area contributed by atoms with Crippen molar-refractivity contribution < 1.29 is 28.4 Å². The number of pyridine rings is 3. The van der Waals surface area contributed by atoms with Crippen LogP contribution in [0.4, 0.5) is 23.1 Å². The number of rotatable bonds is 20. The van der Waals surface area contributed by atoms with Crippen molar-refractivity contribution in [2.75, 3.05) is 102 Å². The number of thioether (sulfide) groups is 1. The minimum Gasteiger partial charge on any atom is -0.454 e. The number of hydrogen-bond acceptors (Lipinski definition) is 23. The molecule has 0 radical (unpaired) electrons. The average Bonchev–Trinajstić information content (AvgIpc) is 1.67. The Balaban J connectivity index is 0.000000149. The number of imidazole rings is 3. The molecule has 3 aromatic carbocycles. The van der Waals surface area contributed by atoms with Gasteiger partial charge in [0.2, 0.25) is 20.4 Å². The van der Waals surface area contributed by atoms with Gasteiger partial charge in [0.1, 0.15) is 16.6 Å². The lowest BCUT2D eigenvalue weighted by molar-refractivity contribution is 0.173. The molecule has 90 heavy (non-hydrogen) atoms. The molecular weight excluding hydrogens is 1330 g/mol. The largest absolute Gasteiger partial charge is 0.454 e. The summed E-state index contributed by atoms with van der Waals surface area (Å²) >= 11 is 8.81. The van der Waals surface area contributed by atoms with Crippen molar-refractivity contribution in [3.05, 3.63) is 76.8 Å². The summed E-state index contributed by atoms with van der Waals surface area (Å²) in [5.41, 5.74) is 25.3. The van der Waals surface area contributed by atoms with Crippen molar-refractivity contribution in [3.8, 4) is 34.5 Å². The molecular formula is C63H81IN16O6S4. The Kier molecular flexibility index (Phi) is 21.1. The fourth-order valence-electron chi connectivity index (χ4n) is 9.76. The normalized spacial score (nSPS) is 13.3. The number of nitrogens with zero attached hydrogens (tertiary/aromatic N) is 10. The summed E-state index contributed by atoms with van der Waals surface area (Å²) in [6, 6.07) is 18.0. The van der Waals surface area contributed by atoms with E-state index in [0.29, 0.717) is 17.5 Å². The summed E-state index contributed by atoms with van der Waals surface area (Å²) in [5.74, 6) is 5.97. The molecule has 3 aliphatic rings. The fourth-order valence-corrected chi connectivity index (χ4v) is 14.4. The van der Waals surface area contributed by atoms with E-state index >= 15 is 0 Å². The Morgan fingerprint density at radius 1 is 0.478 bits per heavy atom. The number of benzene rings is 3. The Morgan fingerprint density at radius 3 is 1.17 bits per heavy atom. The third-order valence-electron chi connectivity index (χ3n) is 14.1. The van der Waals surface area contributed by atoms with Gasteiger partial charge in [0.15, 0.2) is 67.4 Å². The first-order chi connectivity index (χ1) is 42.9. The summed E-state index contributed by atoms with van der Waals surface area (Å²) in [7, 11) is 4.03. The van der Waals surface area contributed by atoms with E-state index in [2.05, 4.69) is 141 Å². The van der Waals surface area contributed by atoms with E-state index in [1.165, 1.54) is 0 Å². The molecule has 0 unspecified atom stereocenters. The van der Waals surface area contributed by atoms with Gasteiger partial charge in [0.25, 0.3) is 0 Å². The maximum absolute atomic E-state index is 6.14. The van der Waals surface area contributed by atoms with Gasteiger partial charge in [-0.05, 0) is 99.3 Å². The number of halogens is 1. The second kappa shape index (κ2) is 28.6. The lowest BCUT2D eigenvalue weighted by Gasteiger charge is -2.20. The number of hydrogen-bond donors (Lipinski definition) is 6. The third kappa shape index (κ3) is 16.4. The van der Waals surface area contributed by atoms with Crippen molar-refractivity contribution in [1.82, 2.24) is 59.6 Å². The van der Waals surface area contributed by atoms with E-state index in [1.807, 2.05) is 68.7 Å². The van der Waals surface area contributed by atoms with Crippen LogP contribution in [-0.4, -0.2) is 124 Å². The highest BCUT2D eigenvalue weighted by atomic mass is 127. The van der Waals surface area contributed by atoms with Crippen LogP contribution >= 0.6 is 69.6 Å². The predicted octanol–water partition coefficient (Wildman–Crippen LogP) is 12.0. The first-order valence-corrected chi connectivity index (χ1v) is 34.3. The van der Waals surface area contributed by atoms with Crippen LogP contribution in [0.25, 0.3) is 33.1 Å². The summed E-state index contributed by atoms with van der Waals surface area (Å²) in [6.07, 6.45) is 7.26. The number of nitrogens with one attached hydrogen (secondary N) is 3. The van der Waals surface area contributed by atoms with Gasteiger partial charge in [0.05, 0.1) is 22.2 Å². The first kappa shape index (κ1) is 66.5.